The first-order valence-electron chi connectivity index (χ1n) is 7.67. The van der Waals surface area contributed by atoms with Crippen molar-refractivity contribution in [1.82, 2.24) is 0 Å². The van der Waals surface area contributed by atoms with Crippen LogP contribution in [-0.4, -0.2) is 25.1 Å². The summed E-state index contributed by atoms with van der Waals surface area (Å²) in [7, 11) is -2.59. The van der Waals surface area contributed by atoms with Gasteiger partial charge in [-0.2, -0.15) is 0 Å². The quantitative estimate of drug-likeness (QED) is 0.341. The Morgan fingerprint density at radius 1 is 0.708 bits per heavy atom. The second kappa shape index (κ2) is 8.37. The van der Waals surface area contributed by atoms with Crippen LogP contribution in [0, 0.1) is 9.89 Å². The molecule has 0 aliphatic carbocycles. The zero-order valence-corrected chi connectivity index (χ0v) is 16.4. The molecule has 0 aromatic heterocycles. The fourth-order valence-corrected chi connectivity index (χ4v) is 9.73. The molecule has 0 heterocycles. The van der Waals surface area contributed by atoms with Crippen molar-refractivity contribution in [2.24, 2.45) is 0 Å². The van der Waals surface area contributed by atoms with Crippen molar-refractivity contribution in [2.45, 2.75) is 0 Å². The summed E-state index contributed by atoms with van der Waals surface area (Å²) in [5.41, 5.74) is 1.02. The zero-order valence-electron chi connectivity index (χ0n) is 13.1. The summed E-state index contributed by atoms with van der Waals surface area (Å²) in [6.07, 6.45) is 0. The van der Waals surface area contributed by atoms with Crippen LogP contribution in [0.2, 0.25) is 0 Å². The fraction of sp³-hybridized carbons (Fsp3) is 0.0476. The first-order valence-corrected chi connectivity index (χ1v) is 12.4. The number of benzene rings is 3. The molecule has 3 heteroatoms. The van der Waals surface area contributed by atoms with Crippen molar-refractivity contribution >= 4 is 38.7 Å². The summed E-state index contributed by atoms with van der Waals surface area (Å²) in [5, 5.41) is 1.87. The molecule has 0 amide bonds. The number of rotatable bonds is 4. The van der Waals surface area contributed by atoms with Crippen LogP contribution in [0.3, 0.4) is 0 Å². The molecule has 0 atom stereocenters. The molecule has 0 N–H and O–H groups in total. The van der Waals surface area contributed by atoms with E-state index < -0.39 is 28.1 Å². The van der Waals surface area contributed by atoms with Crippen LogP contribution in [0.5, 0.6) is 0 Å². The molecule has 0 spiro atoms. The Morgan fingerprint density at radius 2 is 1.17 bits per heavy atom. The maximum absolute atomic E-state index is 13.8. The molecule has 0 radical (unpaired) electrons. The molecule has 0 unspecified atom stereocenters. The number of hydrogen-bond donors (Lipinski definition) is 0. The molecule has 0 aliphatic heterocycles. The van der Waals surface area contributed by atoms with Gasteiger partial charge in [-0.1, -0.05) is 0 Å². The van der Waals surface area contributed by atoms with Gasteiger partial charge in [0, 0.05) is 0 Å². The molecule has 3 aromatic carbocycles. The van der Waals surface area contributed by atoms with Gasteiger partial charge < -0.3 is 0 Å². The molecular weight excluding hydrogens is 427 g/mol. The van der Waals surface area contributed by atoms with E-state index in [4.69, 9.17) is 0 Å². The van der Waals surface area contributed by atoms with E-state index in [0.717, 1.165) is 16.2 Å². The molecule has 0 saturated heterocycles. The van der Waals surface area contributed by atoms with Crippen molar-refractivity contribution in [2.75, 3.05) is 4.21 Å². The van der Waals surface area contributed by atoms with Crippen molar-refractivity contribution in [3.05, 3.63) is 96.6 Å². The van der Waals surface area contributed by atoms with E-state index in [1.54, 1.807) is 0 Å². The Balaban J connectivity index is 1.85. The van der Waals surface area contributed by atoms with Crippen molar-refractivity contribution in [3.8, 4) is 9.89 Å². The summed E-state index contributed by atoms with van der Waals surface area (Å²) < 4.78 is 17.8. The van der Waals surface area contributed by atoms with Gasteiger partial charge in [-0.05, 0) is 0 Å². The van der Waals surface area contributed by atoms with Gasteiger partial charge >= 0.3 is 154 Å². The second-order valence-electron chi connectivity index (χ2n) is 5.28. The van der Waals surface area contributed by atoms with Gasteiger partial charge in [0.2, 0.25) is 0 Å². The third-order valence-electron chi connectivity index (χ3n) is 3.63. The van der Waals surface area contributed by atoms with Crippen molar-refractivity contribution < 1.29 is 4.57 Å². The van der Waals surface area contributed by atoms with Crippen LogP contribution in [0.1, 0.15) is 5.56 Å². The molecule has 24 heavy (non-hydrogen) atoms. The van der Waals surface area contributed by atoms with E-state index in [9.17, 15) is 4.57 Å². The van der Waals surface area contributed by atoms with Crippen molar-refractivity contribution in [1.29, 1.82) is 0 Å². The first-order chi connectivity index (χ1) is 11.8. The van der Waals surface area contributed by atoms with Gasteiger partial charge in [-0.25, -0.2) is 0 Å². The van der Waals surface area contributed by atoms with Gasteiger partial charge in [-0.3, -0.25) is 0 Å². The van der Waals surface area contributed by atoms with Crippen LogP contribution >= 0.6 is 7.14 Å². The molecule has 0 fully saturated rings. The van der Waals surface area contributed by atoms with Gasteiger partial charge in [-0.15, -0.1) is 0 Å². The predicted molar refractivity (Wildman–Crippen MR) is 104 cm³/mol. The molecule has 3 aromatic rings. The van der Waals surface area contributed by atoms with Gasteiger partial charge in [0.15, 0.2) is 0 Å². The Hall–Kier alpha value is -1.76. The van der Waals surface area contributed by atoms with E-state index in [1.807, 2.05) is 91.0 Å². The molecular formula is C21H17OPTe. The molecule has 118 valence electrons. The normalized spacial score (nSPS) is 10.7. The maximum atomic E-state index is 13.8. The number of hydrogen-bond acceptors (Lipinski definition) is 1. The van der Waals surface area contributed by atoms with E-state index in [2.05, 4.69) is 9.89 Å². The summed E-state index contributed by atoms with van der Waals surface area (Å²) in [6.45, 7) is 0. The van der Waals surface area contributed by atoms with E-state index in [0.29, 0.717) is 4.21 Å². The Kier molecular flexibility index (Phi) is 5.96. The molecule has 0 aliphatic rings. The Morgan fingerprint density at radius 3 is 1.67 bits per heavy atom. The predicted octanol–water partition coefficient (Wildman–Crippen LogP) is 3.67. The van der Waals surface area contributed by atoms with Crippen molar-refractivity contribution in [3.63, 3.8) is 0 Å². The summed E-state index contributed by atoms with van der Waals surface area (Å²) in [5.74, 6) is 3.21. The third kappa shape index (κ3) is 4.20. The van der Waals surface area contributed by atoms with Gasteiger partial charge in [0.05, 0.1) is 0 Å². The van der Waals surface area contributed by atoms with Gasteiger partial charge in [0.1, 0.15) is 0 Å². The minimum absolute atomic E-state index is 0.662. The Bertz CT molecular complexity index is 837. The van der Waals surface area contributed by atoms with E-state index in [-0.39, 0.29) is 0 Å². The second-order valence-corrected chi connectivity index (χ2v) is 11.7. The molecule has 0 bridgehead atoms. The van der Waals surface area contributed by atoms with Crippen LogP contribution in [0.15, 0.2) is 91.0 Å². The summed E-state index contributed by atoms with van der Waals surface area (Å²) in [4.78, 5) is 0. The van der Waals surface area contributed by atoms with Crippen LogP contribution in [0.25, 0.3) is 0 Å². The van der Waals surface area contributed by atoms with E-state index in [1.165, 1.54) is 0 Å². The standard InChI is InChI=1S/C21H17OPTe/c22-23(20-12-6-2-7-13-20,21-14-8-3-9-15-21)18-24-17-16-19-10-4-1-5-11-19/h1-15H,18H2. The average Bonchev–Trinajstić information content (AvgIpc) is 2.67. The average molecular weight is 444 g/mol. The summed E-state index contributed by atoms with van der Waals surface area (Å²) >= 11 is -0.662. The minimum atomic E-state index is -2.59. The topological polar surface area (TPSA) is 17.1 Å². The van der Waals surface area contributed by atoms with Gasteiger partial charge in [0.25, 0.3) is 0 Å². The SMILES string of the molecule is O=P(C[Te]C#Cc1ccccc1)(c1ccccc1)c1ccccc1. The first kappa shape index (κ1) is 17.1. The molecule has 0 saturated carbocycles. The fourth-order valence-electron chi connectivity index (χ4n) is 2.38. The molecule has 1 nitrogen and oxygen atoms in total. The monoisotopic (exact) mass is 446 g/mol. The summed E-state index contributed by atoms with van der Waals surface area (Å²) in [6, 6.07) is 29.7. The zero-order chi connectivity index (χ0) is 16.7. The van der Waals surface area contributed by atoms with Crippen LogP contribution in [-0.2, 0) is 4.57 Å². The Labute approximate surface area is 153 Å². The third-order valence-corrected chi connectivity index (χ3v) is 11.3. The van der Waals surface area contributed by atoms with Crippen LogP contribution < -0.4 is 10.6 Å². The van der Waals surface area contributed by atoms with Crippen LogP contribution in [0.4, 0.5) is 0 Å². The molecule has 3 rings (SSSR count). The van der Waals surface area contributed by atoms with E-state index >= 15 is 0 Å².